The zero-order valence-electron chi connectivity index (χ0n) is 60.4. The molecule has 0 atom stereocenters. The summed E-state index contributed by atoms with van der Waals surface area (Å²) in [5.41, 5.74) is 2.64. The van der Waals surface area contributed by atoms with Gasteiger partial charge in [0.15, 0.2) is 0 Å². The molecule has 0 spiro atoms. The number of rotatable bonds is 20. The van der Waals surface area contributed by atoms with Crippen LogP contribution in [-0.4, -0.2) is 128 Å². The first-order valence-corrected chi connectivity index (χ1v) is 35.0. The Morgan fingerprint density at radius 2 is 0.790 bits per heavy atom. The number of hydrogen-bond donors (Lipinski definition) is 3. The zero-order chi connectivity index (χ0) is 77.6. The van der Waals surface area contributed by atoms with Crippen LogP contribution in [0.15, 0.2) is 167 Å². The molecule has 8 rings (SSSR count). The van der Waals surface area contributed by atoms with E-state index in [1.807, 2.05) is 66.7 Å². The molecule has 0 aliphatic carbocycles. The summed E-state index contributed by atoms with van der Waals surface area (Å²) in [6.45, 7) is 16.5. The first-order chi connectivity index (χ1) is 49.0. The third-order valence-electron chi connectivity index (χ3n) is 11.9. The number of benzene rings is 8. The first-order valence-electron chi connectivity index (χ1n) is 31.0. The van der Waals surface area contributed by atoms with Crippen molar-refractivity contribution in [2.24, 2.45) is 0 Å². The molecule has 0 fully saturated rings. The fraction of sp³-hybridized carbons (Fsp3) is 0.257. The largest absolute Gasteiger partial charge is 1.00 e. The zero-order valence-corrected chi connectivity index (χ0v) is 73.6. The molecule has 0 saturated heterocycles. The van der Waals surface area contributed by atoms with Gasteiger partial charge in [0.05, 0.1) is 75.6 Å². The third-order valence-corrected chi connectivity index (χ3v) is 14.4. The summed E-state index contributed by atoms with van der Waals surface area (Å²) in [5, 5.41) is 39.2. The monoisotopic (exact) mass is 1820 g/mol. The Balaban J connectivity index is -0.00000119. The summed E-state index contributed by atoms with van der Waals surface area (Å²) in [4.78, 5) is 123. The molecule has 105 heavy (non-hydrogen) atoms. The summed E-state index contributed by atoms with van der Waals surface area (Å²) in [5.74, 6) is -3.77. The van der Waals surface area contributed by atoms with Gasteiger partial charge in [0.2, 0.25) is 0 Å². The van der Waals surface area contributed by atoms with E-state index in [4.69, 9.17) is 48.7 Å². The van der Waals surface area contributed by atoms with Crippen molar-refractivity contribution in [1.29, 1.82) is 0 Å². The maximum absolute atomic E-state index is 11.8. The molecule has 0 amide bonds. The molecule has 0 bridgehead atoms. The normalized spacial score (nSPS) is 9.73. The van der Waals surface area contributed by atoms with Crippen LogP contribution >= 0.6 is 79.6 Å². The Bertz CT molecular complexity index is 4060. The molecular weight excluding hydrogens is 1750 g/mol. The molecular formula is C74H77Br5K2O24. The van der Waals surface area contributed by atoms with Crippen LogP contribution in [0.4, 0.5) is 0 Å². The fourth-order valence-electron chi connectivity index (χ4n) is 8.02. The van der Waals surface area contributed by atoms with Crippen molar-refractivity contribution in [1.82, 2.24) is 0 Å². The smallest absolute Gasteiger partial charge is 1.00 e. The third kappa shape index (κ3) is 41.8. The number of phenols is 1. The topological polar surface area (TPSA) is 355 Å². The number of carbonyl (C=O) groups excluding carboxylic acids is 10. The molecule has 24 nitrogen and oxygen atoms in total. The van der Waals surface area contributed by atoms with Gasteiger partial charge in [-0.3, -0.25) is 33.6 Å². The molecule has 0 aliphatic rings. The van der Waals surface area contributed by atoms with Crippen molar-refractivity contribution in [3.8, 4) is 17.2 Å². The Morgan fingerprint density at radius 1 is 0.457 bits per heavy atom. The van der Waals surface area contributed by atoms with E-state index in [2.05, 4.69) is 94.0 Å². The van der Waals surface area contributed by atoms with Crippen molar-refractivity contribution in [3.05, 3.63) is 195 Å². The maximum atomic E-state index is 11.8. The summed E-state index contributed by atoms with van der Waals surface area (Å²) >= 11 is 16.7. The molecule has 8 aromatic rings. The van der Waals surface area contributed by atoms with E-state index < -0.39 is 41.8 Å². The van der Waals surface area contributed by atoms with Gasteiger partial charge in [-0.25, -0.2) is 19.2 Å². The van der Waals surface area contributed by atoms with Gasteiger partial charge in [0.25, 0.3) is 6.47 Å². The van der Waals surface area contributed by atoms with E-state index in [0.29, 0.717) is 59.0 Å². The quantitative estimate of drug-likeness (QED) is 0.00934. The Hall–Kier alpha value is -5.96. The molecule has 0 unspecified atom stereocenters. The Morgan fingerprint density at radius 3 is 1.11 bits per heavy atom. The first kappa shape index (κ1) is 101. The second-order valence-corrected chi connectivity index (χ2v) is 24.3. The number of aliphatic hydroxyl groups is 1. The number of hydrogen-bond acceptors (Lipinski definition) is 23. The minimum atomic E-state index is -1.07. The Labute approximate surface area is 735 Å². The maximum Gasteiger partial charge on any atom is 1.00 e. The van der Waals surface area contributed by atoms with Gasteiger partial charge in [0.1, 0.15) is 23.5 Å². The van der Waals surface area contributed by atoms with Crippen LogP contribution in [-0.2, 0) is 66.9 Å². The number of esters is 8. The van der Waals surface area contributed by atoms with Crippen LogP contribution in [0.25, 0.3) is 38.4 Å². The van der Waals surface area contributed by atoms with Crippen LogP contribution in [0.1, 0.15) is 130 Å². The molecule has 0 aromatic heterocycles. The number of carboxylic acid groups (broad SMARTS) is 1. The summed E-state index contributed by atoms with van der Waals surface area (Å²) in [7, 11) is 0. The van der Waals surface area contributed by atoms with Crippen LogP contribution in [0.5, 0.6) is 17.2 Å². The van der Waals surface area contributed by atoms with Crippen LogP contribution in [0.2, 0.25) is 0 Å². The van der Waals surface area contributed by atoms with E-state index in [0.717, 1.165) is 61.1 Å². The molecule has 31 heteroatoms. The number of fused-ring (bicyclic) bond motifs is 3. The molecule has 0 saturated carbocycles. The average molecular weight is 1830 g/mol. The number of carbonyl (C=O) groups is 11. The van der Waals surface area contributed by atoms with E-state index in [9.17, 15) is 53.1 Å². The summed E-state index contributed by atoms with van der Waals surface area (Å²) in [6, 6.07) is 40.6. The second-order valence-electron chi connectivity index (χ2n) is 19.7. The number of phenolic OH excluding ortho intramolecular Hbond substituents is 1. The number of aliphatic hydroxyl groups excluding tert-OH is 1. The van der Waals surface area contributed by atoms with E-state index >= 15 is 0 Å². The van der Waals surface area contributed by atoms with Gasteiger partial charge in [0, 0.05) is 70.1 Å². The van der Waals surface area contributed by atoms with Crippen LogP contribution < -0.4 is 118 Å². The predicted molar refractivity (Wildman–Crippen MR) is 401 cm³/mol. The van der Waals surface area contributed by atoms with E-state index in [-0.39, 0.29) is 180 Å². The average Bonchev–Trinajstić information content (AvgIpc) is 0.802. The van der Waals surface area contributed by atoms with Crippen molar-refractivity contribution in [2.45, 2.75) is 81.6 Å². The van der Waals surface area contributed by atoms with Gasteiger partial charge in [-0.15, -0.1) is 0 Å². The van der Waals surface area contributed by atoms with Crippen LogP contribution in [0.3, 0.4) is 0 Å². The number of aliphatic carboxylic acids is 1. The number of aromatic hydroxyl groups is 1. The minimum absolute atomic E-state index is 0. The number of aldehydes is 1. The van der Waals surface area contributed by atoms with Crippen LogP contribution in [0, 0.1) is 0 Å². The van der Waals surface area contributed by atoms with Gasteiger partial charge in [-0.1, -0.05) is 104 Å². The minimum Gasteiger partial charge on any atom is -1.00 e. The van der Waals surface area contributed by atoms with Gasteiger partial charge in [-0.05, 0) is 192 Å². The molecule has 3 N–H and O–H groups in total. The number of ether oxygens (including phenoxy) is 8. The van der Waals surface area contributed by atoms with Crippen molar-refractivity contribution >= 4 is 185 Å². The number of halogens is 5. The van der Waals surface area contributed by atoms with E-state index in [1.54, 1.807) is 103 Å². The van der Waals surface area contributed by atoms with Gasteiger partial charge in [-0.2, -0.15) is 0 Å². The molecule has 554 valence electrons. The Kier molecular flexibility index (Phi) is 56.0. The number of carboxylic acids is 1. The van der Waals surface area contributed by atoms with Crippen molar-refractivity contribution < 1.29 is 220 Å². The van der Waals surface area contributed by atoms with Crippen molar-refractivity contribution in [2.75, 3.05) is 46.2 Å². The van der Waals surface area contributed by atoms with Gasteiger partial charge < -0.3 is 64.8 Å². The summed E-state index contributed by atoms with van der Waals surface area (Å²) in [6.07, 6.45) is 2.20. The second kappa shape index (κ2) is 58.1. The summed E-state index contributed by atoms with van der Waals surface area (Å²) < 4.78 is 43.7. The van der Waals surface area contributed by atoms with E-state index in [1.165, 1.54) is 38.1 Å². The standard InChI is InChI=1S/2C15H13BrO4.C13H13BrO4.C13H11BrO3.C8H14O4.C7H5BrO.C2H6O.CH2O3.2K.H/c2*1-3-19-15(18)11-6-10-7-12(16)4-5-13(10)14(8-11)20-9(2)17;1-2-18-13(17)10(8-12(15)16)6-9-4-3-5-11(14)7-9;1-2-17-13(16)9-5-8-6-10(14)3-4-11(8)12(15)7-9;1-3-11-7(9)5-6-8(10)12-4-2;8-7-3-1-2-6(4-7)5-9;1-2-3;2-1-4-3;;;/h2*4-8H,3H2,1-2H3;3-7H,2,8H2,1H3,(H,15,16);3-7,15H,2H2,1H3;3-6H2,1-2H3;1-5H;3H,2H2,1H3;1,3H;;;/q;;;;;;;;2*+1;-1/p-1/b;;10-6+;;;;;;;;. The predicted octanol–water partition coefficient (Wildman–Crippen LogP) is 9.47. The SMILES string of the molecule is CCO.CCOC(=O)/C(=C/c1cccc(Br)c1)CC(=O)O.CCOC(=O)CCC(=O)OCC.CCOC(=O)c1cc(O)c2ccc(Br)cc2c1.CCOC(=O)c1cc(OC(C)=O)c2ccc(Br)cc2c1.CCOC(=O)c1cc(OC(C)=O)c2ccc(Br)cc2c1.O=CO[O-].O=Cc1cccc(Br)c1.[H-].[K+].[K+]. The molecule has 0 heterocycles. The van der Waals surface area contributed by atoms with Crippen molar-refractivity contribution in [3.63, 3.8) is 0 Å². The fourth-order valence-corrected chi connectivity index (χ4v) is 9.99. The molecule has 0 aliphatic heterocycles. The molecule has 0 radical (unpaired) electrons. The van der Waals surface area contributed by atoms with Gasteiger partial charge >= 0.3 is 156 Å². The molecule has 8 aromatic carbocycles.